The lowest BCUT2D eigenvalue weighted by molar-refractivity contribution is 0.276. The van der Waals surface area contributed by atoms with E-state index in [0.717, 1.165) is 41.5 Å². The maximum Gasteiger partial charge on any atom is 0.222 e. The van der Waals surface area contributed by atoms with Crippen LogP contribution >= 0.6 is 0 Å². The number of aryl methyl sites for hydroxylation is 1. The first-order chi connectivity index (χ1) is 10.2. The molecule has 0 saturated carbocycles. The Hall–Kier alpha value is -1.88. The summed E-state index contributed by atoms with van der Waals surface area (Å²) >= 11 is 0. The molecule has 21 heavy (non-hydrogen) atoms. The molecule has 1 aromatic heterocycles. The molecule has 0 aliphatic heterocycles. The highest BCUT2D eigenvalue weighted by molar-refractivity contribution is 5.92. The van der Waals surface area contributed by atoms with Crippen molar-refractivity contribution in [2.75, 3.05) is 17.7 Å². The van der Waals surface area contributed by atoms with Gasteiger partial charge in [0.2, 0.25) is 5.95 Å². The minimum absolute atomic E-state index is 0.166. The molecule has 2 rings (SSSR count). The van der Waals surface area contributed by atoms with Crippen LogP contribution in [-0.2, 0) is 0 Å². The topological polar surface area (TPSA) is 84.1 Å². The van der Waals surface area contributed by atoms with Gasteiger partial charge in [0.1, 0.15) is 5.82 Å². The van der Waals surface area contributed by atoms with Crippen molar-refractivity contribution < 1.29 is 5.11 Å². The molecule has 5 heteroatoms. The van der Waals surface area contributed by atoms with Crippen LogP contribution in [0.25, 0.3) is 10.9 Å². The van der Waals surface area contributed by atoms with E-state index < -0.39 is 0 Å². The third-order valence-electron chi connectivity index (χ3n) is 3.67. The van der Waals surface area contributed by atoms with Gasteiger partial charge in [0.25, 0.3) is 0 Å². The number of nitrogens with zero attached hydrogens (tertiary/aromatic N) is 2. The Morgan fingerprint density at radius 1 is 1.29 bits per heavy atom. The molecule has 0 fully saturated rings. The van der Waals surface area contributed by atoms with Gasteiger partial charge in [-0.2, -0.15) is 4.98 Å². The van der Waals surface area contributed by atoms with E-state index in [1.165, 1.54) is 0 Å². The minimum Gasteiger partial charge on any atom is -0.396 e. The molecule has 0 amide bonds. The average Bonchev–Trinajstić information content (AvgIpc) is 2.44. The van der Waals surface area contributed by atoms with Crippen molar-refractivity contribution in [2.24, 2.45) is 0 Å². The molecular weight excluding hydrogens is 264 g/mol. The van der Waals surface area contributed by atoms with E-state index in [0.29, 0.717) is 6.42 Å². The number of nitrogen functional groups attached to an aromatic ring is 1. The molecule has 5 nitrogen and oxygen atoms in total. The molecule has 0 radical (unpaired) electrons. The molecule has 0 aliphatic rings. The maximum absolute atomic E-state index is 9.24. The number of nitrogens with one attached hydrogen (secondary N) is 1. The number of aromatic nitrogens is 2. The molecule has 0 spiro atoms. The molecule has 1 atom stereocenters. The largest absolute Gasteiger partial charge is 0.396 e. The summed E-state index contributed by atoms with van der Waals surface area (Å²) in [5.41, 5.74) is 7.78. The van der Waals surface area contributed by atoms with Crippen molar-refractivity contribution in [3.8, 4) is 0 Å². The van der Waals surface area contributed by atoms with E-state index in [1.807, 2.05) is 25.1 Å². The number of aliphatic hydroxyl groups is 1. The Labute approximate surface area is 125 Å². The van der Waals surface area contributed by atoms with Crippen molar-refractivity contribution in [2.45, 2.75) is 45.6 Å². The smallest absolute Gasteiger partial charge is 0.222 e. The highest BCUT2D eigenvalue weighted by Crippen LogP contribution is 2.26. The van der Waals surface area contributed by atoms with E-state index in [9.17, 15) is 5.11 Å². The van der Waals surface area contributed by atoms with Crippen LogP contribution in [0.4, 0.5) is 11.8 Å². The number of rotatable bonds is 7. The van der Waals surface area contributed by atoms with Crippen molar-refractivity contribution in [3.05, 3.63) is 23.8 Å². The average molecular weight is 288 g/mol. The van der Waals surface area contributed by atoms with Gasteiger partial charge in [0.05, 0.1) is 5.52 Å². The number of nitrogens with two attached hydrogens (primary N) is 1. The molecule has 114 valence electrons. The number of aliphatic hydroxyl groups excluding tert-OH is 1. The zero-order valence-corrected chi connectivity index (χ0v) is 12.8. The van der Waals surface area contributed by atoms with Crippen molar-refractivity contribution >= 4 is 22.7 Å². The van der Waals surface area contributed by atoms with Gasteiger partial charge in [0, 0.05) is 18.0 Å². The summed E-state index contributed by atoms with van der Waals surface area (Å²) in [5.74, 6) is 1.04. The zero-order valence-electron chi connectivity index (χ0n) is 12.8. The van der Waals surface area contributed by atoms with Gasteiger partial charge in [-0.25, -0.2) is 4.98 Å². The third-order valence-corrected chi connectivity index (χ3v) is 3.67. The molecule has 1 aromatic carbocycles. The number of unbranched alkanes of at least 4 members (excludes halogenated alkanes) is 1. The summed E-state index contributed by atoms with van der Waals surface area (Å²) in [6, 6.07) is 6.15. The lowest BCUT2D eigenvalue weighted by atomic mass is 10.1. The first kappa shape index (κ1) is 15.5. The second kappa shape index (κ2) is 7.22. The molecule has 0 aliphatic carbocycles. The molecule has 2 aromatic rings. The molecule has 0 saturated heterocycles. The standard InChI is InChI=1S/C16H24N4O/c1-3-4-7-12(9-10-21)18-15-14-11(2)6-5-8-13(14)19-16(17)20-15/h5-6,8,12,21H,3-4,7,9-10H2,1-2H3,(H3,17,18,19,20)/t12-/m0/s1. The normalized spacial score (nSPS) is 12.5. The molecule has 4 N–H and O–H groups in total. The second-order valence-electron chi connectivity index (χ2n) is 5.40. The summed E-state index contributed by atoms with van der Waals surface area (Å²) in [4.78, 5) is 8.66. The highest BCUT2D eigenvalue weighted by atomic mass is 16.3. The first-order valence-corrected chi connectivity index (χ1v) is 7.56. The monoisotopic (exact) mass is 288 g/mol. The van der Waals surface area contributed by atoms with Gasteiger partial charge < -0.3 is 16.2 Å². The van der Waals surface area contributed by atoms with Crippen molar-refractivity contribution in [1.29, 1.82) is 0 Å². The fourth-order valence-corrected chi connectivity index (χ4v) is 2.57. The Bertz CT molecular complexity index is 600. The van der Waals surface area contributed by atoms with Gasteiger partial charge in [-0.1, -0.05) is 31.9 Å². The van der Waals surface area contributed by atoms with Crippen LogP contribution in [0.3, 0.4) is 0 Å². The zero-order chi connectivity index (χ0) is 15.2. The molecule has 1 heterocycles. The lowest BCUT2D eigenvalue weighted by Crippen LogP contribution is -2.22. The number of hydrogen-bond acceptors (Lipinski definition) is 5. The fourth-order valence-electron chi connectivity index (χ4n) is 2.57. The molecule has 0 unspecified atom stereocenters. The number of anilines is 2. The van der Waals surface area contributed by atoms with Crippen LogP contribution in [0.2, 0.25) is 0 Å². The predicted octanol–water partition coefficient (Wildman–Crippen LogP) is 2.87. The number of hydrogen-bond donors (Lipinski definition) is 3. The highest BCUT2D eigenvalue weighted by Gasteiger charge is 2.13. The summed E-state index contributed by atoms with van der Waals surface area (Å²) in [6.45, 7) is 4.37. The quantitative estimate of drug-likeness (QED) is 0.729. The molecular formula is C16H24N4O. The Kier molecular flexibility index (Phi) is 5.33. The summed E-state index contributed by atoms with van der Waals surface area (Å²) in [5, 5.41) is 13.7. The summed E-state index contributed by atoms with van der Waals surface area (Å²) in [7, 11) is 0. The van der Waals surface area contributed by atoms with Gasteiger partial charge in [-0.15, -0.1) is 0 Å². The van der Waals surface area contributed by atoms with Crippen LogP contribution in [0.15, 0.2) is 18.2 Å². The maximum atomic E-state index is 9.24. The number of benzene rings is 1. The van der Waals surface area contributed by atoms with E-state index >= 15 is 0 Å². The Morgan fingerprint density at radius 2 is 2.10 bits per heavy atom. The first-order valence-electron chi connectivity index (χ1n) is 7.56. The lowest BCUT2D eigenvalue weighted by Gasteiger charge is -2.20. The van der Waals surface area contributed by atoms with Gasteiger partial charge in [-0.05, 0) is 31.4 Å². The molecule has 0 bridgehead atoms. The Balaban J connectivity index is 2.35. The van der Waals surface area contributed by atoms with Gasteiger partial charge in [0.15, 0.2) is 0 Å². The van der Waals surface area contributed by atoms with Gasteiger partial charge in [-0.3, -0.25) is 0 Å². The second-order valence-corrected chi connectivity index (χ2v) is 5.40. The van der Waals surface area contributed by atoms with E-state index in [-0.39, 0.29) is 18.6 Å². The van der Waals surface area contributed by atoms with Crippen molar-refractivity contribution in [1.82, 2.24) is 9.97 Å². The van der Waals surface area contributed by atoms with Crippen molar-refractivity contribution in [3.63, 3.8) is 0 Å². The van der Waals surface area contributed by atoms with E-state index in [2.05, 4.69) is 22.2 Å². The van der Waals surface area contributed by atoms with Crippen LogP contribution in [0.5, 0.6) is 0 Å². The fraction of sp³-hybridized carbons (Fsp3) is 0.500. The predicted molar refractivity (Wildman–Crippen MR) is 87.3 cm³/mol. The SMILES string of the molecule is CCCC[C@@H](CCO)Nc1nc(N)nc2cccc(C)c12. The third kappa shape index (κ3) is 3.82. The minimum atomic E-state index is 0.166. The van der Waals surface area contributed by atoms with E-state index in [4.69, 9.17) is 5.73 Å². The summed E-state index contributed by atoms with van der Waals surface area (Å²) < 4.78 is 0. The van der Waals surface area contributed by atoms with E-state index in [1.54, 1.807) is 0 Å². The van der Waals surface area contributed by atoms with Crippen LogP contribution < -0.4 is 11.1 Å². The van der Waals surface area contributed by atoms with Crippen LogP contribution in [0, 0.1) is 6.92 Å². The number of fused-ring (bicyclic) bond motifs is 1. The van der Waals surface area contributed by atoms with Crippen LogP contribution in [0.1, 0.15) is 38.2 Å². The van der Waals surface area contributed by atoms with Gasteiger partial charge >= 0.3 is 0 Å². The Morgan fingerprint density at radius 3 is 2.81 bits per heavy atom. The summed E-state index contributed by atoms with van der Waals surface area (Å²) in [6.07, 6.45) is 3.97. The van der Waals surface area contributed by atoms with Crippen LogP contribution in [-0.4, -0.2) is 27.7 Å².